The van der Waals surface area contributed by atoms with E-state index in [-0.39, 0.29) is 37.3 Å². The van der Waals surface area contributed by atoms with E-state index in [1.165, 1.54) is 4.90 Å². The van der Waals surface area contributed by atoms with Gasteiger partial charge in [0, 0.05) is 23.8 Å². The highest BCUT2D eigenvalue weighted by Crippen LogP contribution is 2.47. The number of sulfonamides is 1. The number of pyridine rings is 1. The topological polar surface area (TPSA) is 193 Å². The number of fused-ring (bicyclic) bond motifs is 3. The molecule has 0 bridgehead atoms. The van der Waals surface area contributed by atoms with Crippen LogP contribution in [0.5, 0.6) is 11.8 Å². The van der Waals surface area contributed by atoms with Crippen molar-refractivity contribution in [2.24, 2.45) is 17.8 Å². The lowest BCUT2D eigenvalue weighted by Crippen LogP contribution is -2.59. The normalized spacial score (nSPS) is 30.9. The van der Waals surface area contributed by atoms with Gasteiger partial charge in [0.2, 0.25) is 33.6 Å². The van der Waals surface area contributed by atoms with E-state index in [0.29, 0.717) is 36.9 Å². The van der Waals surface area contributed by atoms with Crippen LogP contribution in [0.2, 0.25) is 0 Å². The summed E-state index contributed by atoms with van der Waals surface area (Å²) in [4.78, 5) is 60.5. The van der Waals surface area contributed by atoms with Crippen LogP contribution in [-0.2, 0) is 24.4 Å². The second-order valence-corrected chi connectivity index (χ2v) is 17.7. The molecule has 14 nitrogen and oxygen atoms in total. The number of aromatic nitrogens is 1. The largest absolute Gasteiger partial charge is 0.475 e. The molecule has 0 spiro atoms. The molecule has 282 valence electrons. The molecule has 1 aromatic heterocycles. The van der Waals surface area contributed by atoms with Crippen molar-refractivity contribution in [3.8, 4) is 11.8 Å². The molecule has 6 rings (SSSR count). The Kier molecular flexibility index (Phi) is 10.2. The fourth-order valence-corrected chi connectivity index (χ4v) is 8.73. The maximum Gasteiger partial charge on any atom is 0.405 e. The van der Waals surface area contributed by atoms with Gasteiger partial charge >= 0.3 is 6.09 Å². The van der Waals surface area contributed by atoms with Crippen LogP contribution in [0.3, 0.4) is 0 Å². The van der Waals surface area contributed by atoms with Crippen molar-refractivity contribution in [3.63, 3.8) is 0 Å². The summed E-state index contributed by atoms with van der Waals surface area (Å²) in [6.45, 7) is 9.11. The maximum absolute atomic E-state index is 14.4. The van der Waals surface area contributed by atoms with E-state index in [9.17, 15) is 32.7 Å². The Bertz CT molecular complexity index is 1880. The molecule has 52 heavy (non-hydrogen) atoms. The Morgan fingerprint density at radius 2 is 1.87 bits per heavy atom. The highest BCUT2D eigenvalue weighted by molar-refractivity contribution is 7.91. The molecule has 15 heteroatoms. The third-order valence-corrected chi connectivity index (χ3v) is 13.0. The molecule has 2 aromatic rings. The van der Waals surface area contributed by atoms with Crippen LogP contribution in [0.1, 0.15) is 79.6 Å². The van der Waals surface area contributed by atoms with Crippen molar-refractivity contribution in [3.05, 3.63) is 42.5 Å². The second-order valence-electron chi connectivity index (χ2n) is 15.5. The number of carboxylic acid groups (broad SMARTS) is 1. The molecule has 7 atom stereocenters. The number of hydrogen-bond donors (Lipinski definition) is 4. The summed E-state index contributed by atoms with van der Waals surface area (Å²) in [6, 6.07) is 6.93. The molecule has 4 aliphatic rings. The lowest BCUT2D eigenvalue weighted by Gasteiger charge is -2.32. The smallest absolute Gasteiger partial charge is 0.405 e. The average Bonchev–Trinajstić information content (AvgIpc) is 3.94. The fraction of sp³-hybridized carbons (Fsp3) is 0.595. The van der Waals surface area contributed by atoms with Gasteiger partial charge in [0.05, 0.1) is 17.4 Å². The molecule has 1 aromatic carbocycles. The molecule has 4 amide bonds. The number of nitrogens with one attached hydrogen (secondary N) is 3. The highest BCUT2D eigenvalue weighted by atomic mass is 32.2. The van der Waals surface area contributed by atoms with Gasteiger partial charge in [-0.3, -0.25) is 19.1 Å². The van der Waals surface area contributed by atoms with Crippen molar-refractivity contribution >= 4 is 44.6 Å². The summed E-state index contributed by atoms with van der Waals surface area (Å²) in [5.74, 6) is -2.23. The monoisotopic (exact) mass is 739 g/mol. The van der Waals surface area contributed by atoms with Crippen LogP contribution in [0.4, 0.5) is 4.79 Å². The van der Waals surface area contributed by atoms with E-state index >= 15 is 0 Å². The number of carbonyl (C=O) groups excluding carboxylic acids is 3. The van der Waals surface area contributed by atoms with Gasteiger partial charge in [-0.15, -0.1) is 0 Å². The number of nitrogens with zero attached hydrogens (tertiary/aromatic N) is 2. The summed E-state index contributed by atoms with van der Waals surface area (Å²) in [5, 5.41) is 16.6. The van der Waals surface area contributed by atoms with Crippen LogP contribution in [0, 0.1) is 17.8 Å². The van der Waals surface area contributed by atoms with Gasteiger partial charge in [0.1, 0.15) is 23.7 Å². The van der Waals surface area contributed by atoms with Crippen molar-refractivity contribution in [2.45, 2.75) is 114 Å². The minimum Gasteiger partial charge on any atom is -0.475 e. The van der Waals surface area contributed by atoms with Crippen LogP contribution in [0.15, 0.2) is 42.5 Å². The van der Waals surface area contributed by atoms with Gasteiger partial charge < -0.3 is 30.1 Å². The van der Waals surface area contributed by atoms with Crippen molar-refractivity contribution < 1.29 is 42.2 Å². The molecule has 3 fully saturated rings. The van der Waals surface area contributed by atoms with Crippen molar-refractivity contribution in [2.75, 3.05) is 6.54 Å². The maximum atomic E-state index is 14.4. The zero-order valence-electron chi connectivity index (χ0n) is 30.3. The number of carbonyl (C=O) groups is 4. The lowest BCUT2D eigenvalue weighted by atomic mass is 9.88. The molecule has 2 aliphatic heterocycles. The van der Waals surface area contributed by atoms with E-state index in [0.717, 1.165) is 11.8 Å². The van der Waals surface area contributed by atoms with E-state index in [2.05, 4.69) is 20.3 Å². The first kappa shape index (κ1) is 37.4. The van der Waals surface area contributed by atoms with Gasteiger partial charge in [-0.1, -0.05) is 44.2 Å². The Labute approximate surface area is 304 Å². The molecular formula is C37H49N5O9S. The third kappa shape index (κ3) is 7.69. The summed E-state index contributed by atoms with van der Waals surface area (Å²) >= 11 is 0. The minimum absolute atomic E-state index is 0.00198. The number of ether oxygens (including phenoxy) is 2. The summed E-state index contributed by atoms with van der Waals surface area (Å²) in [5.41, 5.74) is -1.54. The number of allylic oxidation sites excluding steroid dienone is 1. The molecule has 0 radical (unpaired) electrons. The SMILES string of the molecule is CC(C)Oc1cc2ccccc2c(O[C@@H]2C[C@H]3C(=O)N[C@]4(C(=O)NS(=O)(=O)C5(C)CC5)C[C@H]4/C=C\CC[C@@H](C)C[C@@H](C)[C@H](NC(=O)O)C(=O)N3C2)n1. The first-order valence-corrected chi connectivity index (χ1v) is 19.6. The molecule has 4 N–H and O–H groups in total. The van der Waals surface area contributed by atoms with E-state index < -0.39 is 74.1 Å². The Morgan fingerprint density at radius 1 is 1.13 bits per heavy atom. The first-order valence-electron chi connectivity index (χ1n) is 18.1. The van der Waals surface area contributed by atoms with E-state index in [1.54, 1.807) is 13.0 Å². The van der Waals surface area contributed by atoms with Gasteiger partial charge in [0.25, 0.3) is 5.91 Å². The summed E-state index contributed by atoms with van der Waals surface area (Å²) in [6.07, 6.45) is 4.47. The predicted octanol–water partition coefficient (Wildman–Crippen LogP) is 3.89. The van der Waals surface area contributed by atoms with Crippen LogP contribution < -0.4 is 24.8 Å². The molecule has 1 saturated heterocycles. The molecule has 0 unspecified atom stereocenters. The predicted molar refractivity (Wildman–Crippen MR) is 192 cm³/mol. The minimum atomic E-state index is -4.00. The molecule has 2 saturated carbocycles. The second kappa shape index (κ2) is 14.2. The van der Waals surface area contributed by atoms with Crippen LogP contribution in [-0.4, -0.2) is 88.3 Å². The zero-order valence-corrected chi connectivity index (χ0v) is 31.1. The van der Waals surface area contributed by atoms with Crippen LogP contribution in [0.25, 0.3) is 10.8 Å². The van der Waals surface area contributed by atoms with Gasteiger partial charge in [-0.2, -0.15) is 4.98 Å². The van der Waals surface area contributed by atoms with Crippen LogP contribution >= 0.6 is 0 Å². The molecular weight excluding hydrogens is 690 g/mol. The summed E-state index contributed by atoms with van der Waals surface area (Å²) < 4.78 is 39.8. The van der Waals surface area contributed by atoms with Crippen molar-refractivity contribution in [1.29, 1.82) is 0 Å². The Balaban J connectivity index is 1.35. The number of amides is 4. The molecule has 2 aliphatic carbocycles. The van der Waals surface area contributed by atoms with E-state index in [1.807, 2.05) is 64.1 Å². The van der Waals surface area contributed by atoms with Gasteiger partial charge in [-0.05, 0) is 82.6 Å². The highest BCUT2D eigenvalue weighted by Gasteiger charge is 2.63. The van der Waals surface area contributed by atoms with Gasteiger partial charge in [-0.25, -0.2) is 13.2 Å². The molecule has 3 heterocycles. The summed E-state index contributed by atoms with van der Waals surface area (Å²) in [7, 11) is -4.00. The van der Waals surface area contributed by atoms with E-state index in [4.69, 9.17) is 9.47 Å². The zero-order chi connectivity index (χ0) is 37.6. The Morgan fingerprint density at radius 3 is 2.56 bits per heavy atom. The number of rotatable bonds is 8. The average molecular weight is 740 g/mol. The number of hydrogen-bond acceptors (Lipinski definition) is 9. The lowest BCUT2D eigenvalue weighted by molar-refractivity contribution is -0.142. The third-order valence-electron chi connectivity index (χ3n) is 10.8. The Hall–Kier alpha value is -4.40. The quantitative estimate of drug-likeness (QED) is 0.289. The number of benzene rings is 1. The van der Waals surface area contributed by atoms with Crippen molar-refractivity contribution in [1.82, 2.24) is 25.2 Å². The standard InChI is InChI=1S/C37H49N5O9S/c1-21(2)50-29-17-24-11-7-9-13-27(24)32(38-29)51-26-18-28-31(43)40-37(34(45)41-52(48,49)36(5)14-15-36)19-25(37)12-8-6-10-22(3)16-23(4)30(39-35(46)47)33(44)42(28)20-26/h7-9,11-13,17,21-23,25-26,28,30,39H,6,10,14-16,18-20H2,1-5H3,(H,40,43)(H,41,45)(H,46,47)/b12-8-/t22-,23-,25-,26-,28+,30+,37-/m1/s1. The first-order chi connectivity index (χ1) is 24.5. The fourth-order valence-electron chi connectivity index (χ4n) is 7.42. The van der Waals surface area contributed by atoms with Gasteiger partial charge in [0.15, 0.2) is 0 Å².